The summed E-state index contributed by atoms with van der Waals surface area (Å²) in [6, 6.07) is 0. The molecule has 3 nitrogen and oxygen atoms in total. The quantitative estimate of drug-likeness (QED) is 0.630. The number of ether oxygens (including phenoxy) is 2. The first-order chi connectivity index (χ1) is 6.62. The molecule has 0 unspecified atom stereocenters. The minimum absolute atomic E-state index is 0.164. The molecule has 88 valence electrons. The van der Waals surface area contributed by atoms with Gasteiger partial charge in [-0.3, -0.25) is 4.79 Å². The Morgan fingerprint density at radius 2 is 1.87 bits per heavy atom. The summed E-state index contributed by atoms with van der Waals surface area (Å²) in [7, 11) is 0. The van der Waals surface area contributed by atoms with E-state index >= 15 is 0 Å². The molecule has 0 radical (unpaired) electrons. The smallest absolute Gasteiger partial charge is 0.311 e. The maximum atomic E-state index is 11.6. The molecule has 1 aliphatic rings. The maximum absolute atomic E-state index is 11.6. The zero-order valence-corrected chi connectivity index (χ0v) is 10.6. The van der Waals surface area contributed by atoms with Gasteiger partial charge in [0.2, 0.25) is 5.79 Å². The van der Waals surface area contributed by atoms with Crippen LogP contribution in [-0.2, 0) is 14.3 Å². The molecule has 1 saturated heterocycles. The van der Waals surface area contributed by atoms with Gasteiger partial charge in [-0.1, -0.05) is 27.7 Å². The van der Waals surface area contributed by atoms with Gasteiger partial charge in [0.05, 0.1) is 12.0 Å². The minimum atomic E-state index is -0.826. The highest BCUT2D eigenvalue weighted by molar-refractivity contribution is 5.71. The van der Waals surface area contributed by atoms with Crippen molar-refractivity contribution in [1.82, 2.24) is 0 Å². The Kier molecular flexibility index (Phi) is 2.90. The molecule has 0 bridgehead atoms. The summed E-state index contributed by atoms with van der Waals surface area (Å²) in [4.78, 5) is 11.6. The zero-order valence-electron chi connectivity index (χ0n) is 10.6. The average Bonchev–Trinajstić information content (AvgIpc) is 1.99. The third kappa shape index (κ3) is 2.33. The van der Waals surface area contributed by atoms with E-state index in [0.717, 1.165) is 6.42 Å². The highest BCUT2D eigenvalue weighted by atomic mass is 16.7. The third-order valence-electron chi connectivity index (χ3n) is 3.38. The van der Waals surface area contributed by atoms with Crippen LogP contribution in [0.1, 0.15) is 54.4 Å². The molecule has 3 heteroatoms. The van der Waals surface area contributed by atoms with E-state index in [4.69, 9.17) is 9.47 Å². The lowest BCUT2D eigenvalue weighted by Crippen LogP contribution is -2.56. The molecule has 0 amide bonds. The first-order valence-electron chi connectivity index (χ1n) is 5.54. The summed E-state index contributed by atoms with van der Waals surface area (Å²) in [5.41, 5.74) is -0.614. The fraction of sp³-hybridized carbons (Fsp3) is 0.917. The molecule has 1 heterocycles. The van der Waals surface area contributed by atoms with Crippen LogP contribution in [0, 0.1) is 5.41 Å². The molecule has 0 N–H and O–H groups in total. The number of esters is 1. The zero-order chi connectivity index (χ0) is 11.9. The first-order valence-corrected chi connectivity index (χ1v) is 5.54. The topological polar surface area (TPSA) is 35.5 Å². The Bertz CT molecular complexity index is 267. The van der Waals surface area contributed by atoms with Crippen molar-refractivity contribution in [2.24, 2.45) is 5.41 Å². The van der Waals surface area contributed by atoms with Gasteiger partial charge in [0.1, 0.15) is 0 Å². The second-order valence-electron chi connectivity index (χ2n) is 5.75. The molecular weight excluding hydrogens is 192 g/mol. The van der Waals surface area contributed by atoms with Crippen molar-refractivity contribution >= 4 is 5.97 Å². The van der Waals surface area contributed by atoms with Gasteiger partial charge in [0.25, 0.3) is 0 Å². The van der Waals surface area contributed by atoms with Gasteiger partial charge in [0, 0.05) is 12.3 Å². The van der Waals surface area contributed by atoms with Crippen LogP contribution in [0.3, 0.4) is 0 Å². The molecule has 15 heavy (non-hydrogen) atoms. The Hall–Kier alpha value is -0.570. The highest BCUT2D eigenvalue weighted by Gasteiger charge is 2.51. The van der Waals surface area contributed by atoms with Crippen LogP contribution in [0.25, 0.3) is 0 Å². The van der Waals surface area contributed by atoms with Crippen LogP contribution in [0.5, 0.6) is 0 Å². The summed E-state index contributed by atoms with van der Waals surface area (Å²) in [6.45, 7) is 11.9. The van der Waals surface area contributed by atoms with E-state index in [-0.39, 0.29) is 11.4 Å². The summed E-state index contributed by atoms with van der Waals surface area (Å²) in [5, 5.41) is 0. The highest BCUT2D eigenvalue weighted by Crippen LogP contribution is 2.43. The molecule has 0 aliphatic carbocycles. The summed E-state index contributed by atoms with van der Waals surface area (Å²) < 4.78 is 11.4. The molecule has 0 spiro atoms. The molecule has 2 atom stereocenters. The molecule has 1 fully saturated rings. The van der Waals surface area contributed by atoms with E-state index in [1.165, 1.54) is 0 Å². The second-order valence-corrected chi connectivity index (χ2v) is 5.75. The monoisotopic (exact) mass is 214 g/mol. The number of hydrogen-bond donors (Lipinski definition) is 0. The standard InChI is InChI=1S/C12H22O3/c1-7-11(5)8-9(13)14-12(6,15-11)10(2,3)4/h7-8H2,1-6H3/t11-,12-/m0/s1. The van der Waals surface area contributed by atoms with Crippen LogP contribution in [0.4, 0.5) is 0 Å². The summed E-state index contributed by atoms with van der Waals surface area (Å²) in [6.07, 6.45) is 1.16. The lowest BCUT2D eigenvalue weighted by atomic mass is 9.84. The van der Waals surface area contributed by atoms with E-state index < -0.39 is 11.4 Å². The predicted molar refractivity (Wildman–Crippen MR) is 58.4 cm³/mol. The third-order valence-corrected chi connectivity index (χ3v) is 3.38. The molecule has 1 aliphatic heterocycles. The van der Waals surface area contributed by atoms with E-state index in [1.807, 2.05) is 41.5 Å². The fourth-order valence-corrected chi connectivity index (χ4v) is 1.59. The van der Waals surface area contributed by atoms with Crippen LogP contribution in [-0.4, -0.2) is 17.4 Å². The normalized spacial score (nSPS) is 37.6. The first kappa shape index (κ1) is 12.5. The average molecular weight is 214 g/mol. The molecule has 1 rings (SSSR count). The lowest BCUT2D eigenvalue weighted by Gasteiger charge is -2.49. The van der Waals surface area contributed by atoms with Gasteiger partial charge < -0.3 is 9.47 Å². The Labute approximate surface area is 92.1 Å². The summed E-state index contributed by atoms with van der Waals surface area (Å²) in [5.74, 6) is -0.990. The lowest BCUT2D eigenvalue weighted by molar-refractivity contribution is -0.329. The van der Waals surface area contributed by atoms with Gasteiger partial charge in [-0.15, -0.1) is 0 Å². The minimum Gasteiger partial charge on any atom is -0.433 e. The van der Waals surface area contributed by atoms with Gasteiger partial charge in [-0.05, 0) is 13.3 Å². The molecule has 0 aromatic carbocycles. The van der Waals surface area contributed by atoms with Crippen molar-refractivity contribution in [3.63, 3.8) is 0 Å². The number of carbonyl (C=O) groups excluding carboxylic acids is 1. The molecular formula is C12H22O3. The van der Waals surface area contributed by atoms with Gasteiger partial charge >= 0.3 is 5.97 Å². The van der Waals surface area contributed by atoms with Crippen molar-refractivity contribution in [1.29, 1.82) is 0 Å². The Morgan fingerprint density at radius 1 is 1.33 bits per heavy atom. The Balaban J connectivity index is 2.98. The largest absolute Gasteiger partial charge is 0.433 e. The number of carbonyl (C=O) groups is 1. The SMILES string of the molecule is CC[C@@]1(C)CC(=O)O[C@](C)(C(C)(C)C)O1. The molecule has 0 saturated carbocycles. The van der Waals surface area contributed by atoms with E-state index in [0.29, 0.717) is 6.42 Å². The van der Waals surface area contributed by atoms with Crippen LogP contribution >= 0.6 is 0 Å². The molecule has 0 aromatic rings. The van der Waals surface area contributed by atoms with Crippen molar-refractivity contribution in [2.45, 2.75) is 65.8 Å². The van der Waals surface area contributed by atoms with Crippen LogP contribution in [0.2, 0.25) is 0 Å². The van der Waals surface area contributed by atoms with E-state index in [2.05, 4.69) is 0 Å². The van der Waals surface area contributed by atoms with Gasteiger partial charge in [-0.25, -0.2) is 0 Å². The van der Waals surface area contributed by atoms with Crippen molar-refractivity contribution < 1.29 is 14.3 Å². The van der Waals surface area contributed by atoms with Crippen LogP contribution in [0.15, 0.2) is 0 Å². The van der Waals surface area contributed by atoms with Crippen molar-refractivity contribution in [3.8, 4) is 0 Å². The van der Waals surface area contributed by atoms with E-state index in [9.17, 15) is 4.79 Å². The fourth-order valence-electron chi connectivity index (χ4n) is 1.59. The Morgan fingerprint density at radius 3 is 2.27 bits per heavy atom. The summed E-state index contributed by atoms with van der Waals surface area (Å²) >= 11 is 0. The van der Waals surface area contributed by atoms with Gasteiger partial charge in [-0.2, -0.15) is 0 Å². The van der Waals surface area contributed by atoms with Gasteiger partial charge in [0.15, 0.2) is 0 Å². The number of rotatable bonds is 1. The van der Waals surface area contributed by atoms with Crippen molar-refractivity contribution in [2.75, 3.05) is 0 Å². The molecule has 0 aromatic heterocycles. The van der Waals surface area contributed by atoms with Crippen LogP contribution < -0.4 is 0 Å². The van der Waals surface area contributed by atoms with Crippen molar-refractivity contribution in [3.05, 3.63) is 0 Å². The van der Waals surface area contributed by atoms with E-state index in [1.54, 1.807) is 0 Å². The number of cyclic esters (lactones) is 1. The second kappa shape index (κ2) is 3.48. The maximum Gasteiger partial charge on any atom is 0.311 e. The number of hydrogen-bond acceptors (Lipinski definition) is 3. The predicted octanol–water partition coefficient (Wildman–Crippen LogP) is 2.88.